The van der Waals surface area contributed by atoms with Gasteiger partial charge >= 0.3 is 0 Å². The minimum atomic E-state index is -0.612. The first-order chi connectivity index (χ1) is 9.74. The minimum absolute atomic E-state index is 0.0362. The SMILES string of the molecule is O=c1[nH]cnc2cc(OCC3CCOCC3)cc(F)c12. The molecule has 0 radical (unpaired) electrons. The van der Waals surface area contributed by atoms with Crippen molar-refractivity contribution in [2.24, 2.45) is 5.92 Å². The van der Waals surface area contributed by atoms with E-state index in [9.17, 15) is 9.18 Å². The van der Waals surface area contributed by atoms with E-state index in [2.05, 4.69) is 9.97 Å². The normalized spacial score (nSPS) is 16.4. The van der Waals surface area contributed by atoms with Crippen LogP contribution in [0.3, 0.4) is 0 Å². The Morgan fingerprint density at radius 1 is 1.40 bits per heavy atom. The van der Waals surface area contributed by atoms with Crippen molar-refractivity contribution < 1.29 is 13.9 Å². The van der Waals surface area contributed by atoms with Crippen LogP contribution in [0.4, 0.5) is 4.39 Å². The summed E-state index contributed by atoms with van der Waals surface area (Å²) in [5.41, 5.74) is -0.181. The maximum Gasteiger partial charge on any atom is 0.261 e. The van der Waals surface area contributed by atoms with Crippen molar-refractivity contribution in [2.75, 3.05) is 19.8 Å². The smallest absolute Gasteiger partial charge is 0.261 e. The first kappa shape index (κ1) is 13.1. The van der Waals surface area contributed by atoms with Gasteiger partial charge in [0.15, 0.2) is 0 Å². The molecule has 20 heavy (non-hydrogen) atoms. The molecule has 3 rings (SSSR count). The number of nitrogens with zero attached hydrogens (tertiary/aromatic N) is 1. The lowest BCUT2D eigenvalue weighted by Gasteiger charge is -2.22. The number of fused-ring (bicyclic) bond motifs is 1. The zero-order valence-corrected chi connectivity index (χ0v) is 10.9. The van der Waals surface area contributed by atoms with Gasteiger partial charge in [-0.1, -0.05) is 0 Å². The molecule has 5 nitrogen and oxygen atoms in total. The van der Waals surface area contributed by atoms with Gasteiger partial charge in [0.05, 0.1) is 18.5 Å². The monoisotopic (exact) mass is 278 g/mol. The first-order valence-corrected chi connectivity index (χ1v) is 6.61. The molecule has 0 bridgehead atoms. The lowest BCUT2D eigenvalue weighted by atomic mass is 10.0. The topological polar surface area (TPSA) is 64.2 Å². The summed E-state index contributed by atoms with van der Waals surface area (Å²) in [6.07, 6.45) is 3.16. The van der Waals surface area contributed by atoms with Gasteiger partial charge in [0.1, 0.15) is 17.0 Å². The summed E-state index contributed by atoms with van der Waals surface area (Å²) in [6, 6.07) is 2.82. The van der Waals surface area contributed by atoms with Crippen LogP contribution in [0.25, 0.3) is 10.9 Å². The van der Waals surface area contributed by atoms with Gasteiger partial charge < -0.3 is 14.5 Å². The van der Waals surface area contributed by atoms with Crippen molar-refractivity contribution in [2.45, 2.75) is 12.8 Å². The average molecular weight is 278 g/mol. The molecule has 0 aliphatic carbocycles. The zero-order valence-electron chi connectivity index (χ0n) is 10.9. The summed E-state index contributed by atoms with van der Waals surface area (Å²) in [7, 11) is 0. The second kappa shape index (κ2) is 5.58. The molecule has 1 aromatic heterocycles. The van der Waals surface area contributed by atoms with E-state index in [1.165, 1.54) is 12.4 Å². The number of ether oxygens (including phenoxy) is 2. The van der Waals surface area contributed by atoms with E-state index in [0.717, 1.165) is 26.1 Å². The maximum atomic E-state index is 13.9. The molecule has 0 atom stereocenters. The maximum absolute atomic E-state index is 13.9. The fourth-order valence-electron chi connectivity index (χ4n) is 2.34. The highest BCUT2D eigenvalue weighted by Crippen LogP contribution is 2.22. The Kier molecular flexibility index (Phi) is 3.64. The molecule has 6 heteroatoms. The number of benzene rings is 1. The molecule has 106 valence electrons. The van der Waals surface area contributed by atoms with E-state index < -0.39 is 11.4 Å². The van der Waals surface area contributed by atoms with Crippen molar-refractivity contribution in [1.29, 1.82) is 0 Å². The van der Waals surface area contributed by atoms with E-state index >= 15 is 0 Å². The lowest BCUT2D eigenvalue weighted by Crippen LogP contribution is -2.21. The number of rotatable bonds is 3. The molecule has 0 unspecified atom stereocenters. The summed E-state index contributed by atoms with van der Waals surface area (Å²) in [4.78, 5) is 17.8. The molecule has 1 aromatic carbocycles. The number of H-pyrrole nitrogens is 1. The number of aromatic nitrogens is 2. The van der Waals surface area contributed by atoms with Crippen LogP contribution in [0.1, 0.15) is 12.8 Å². The second-order valence-corrected chi connectivity index (χ2v) is 4.90. The van der Waals surface area contributed by atoms with Crippen molar-refractivity contribution in [3.8, 4) is 5.75 Å². The van der Waals surface area contributed by atoms with Crippen LogP contribution < -0.4 is 10.3 Å². The standard InChI is InChI=1S/C14H15FN2O3/c15-11-5-10(20-7-9-1-3-19-4-2-9)6-12-13(11)14(18)17-8-16-12/h5-6,8-9H,1-4,7H2,(H,16,17,18). The van der Waals surface area contributed by atoms with E-state index in [4.69, 9.17) is 9.47 Å². The second-order valence-electron chi connectivity index (χ2n) is 4.90. The molecular formula is C14H15FN2O3. The molecule has 0 saturated carbocycles. The highest BCUT2D eigenvalue weighted by molar-refractivity contribution is 5.79. The van der Waals surface area contributed by atoms with E-state index in [0.29, 0.717) is 23.8 Å². The largest absolute Gasteiger partial charge is 0.493 e. The lowest BCUT2D eigenvalue weighted by molar-refractivity contribution is 0.0497. The highest BCUT2D eigenvalue weighted by atomic mass is 19.1. The Bertz CT molecular complexity index is 665. The van der Waals surface area contributed by atoms with Gasteiger partial charge in [-0.05, 0) is 18.8 Å². The Hall–Kier alpha value is -1.95. The van der Waals surface area contributed by atoms with Crippen LogP contribution in [-0.2, 0) is 4.74 Å². The molecular weight excluding hydrogens is 263 g/mol. The van der Waals surface area contributed by atoms with Crippen LogP contribution in [0, 0.1) is 11.7 Å². The van der Waals surface area contributed by atoms with Gasteiger partial charge in [0, 0.05) is 25.3 Å². The Morgan fingerprint density at radius 2 is 2.20 bits per heavy atom. The summed E-state index contributed by atoms with van der Waals surface area (Å²) in [5, 5.41) is -0.0362. The molecule has 2 heterocycles. The predicted octanol–water partition coefficient (Wildman–Crippen LogP) is 1.87. The molecule has 1 fully saturated rings. The van der Waals surface area contributed by atoms with Gasteiger partial charge in [-0.2, -0.15) is 0 Å². The fraction of sp³-hybridized carbons (Fsp3) is 0.429. The Morgan fingerprint density at radius 3 is 3.00 bits per heavy atom. The number of hydrogen-bond acceptors (Lipinski definition) is 4. The summed E-state index contributed by atoms with van der Waals surface area (Å²) in [5.74, 6) is 0.216. The van der Waals surface area contributed by atoms with Crippen molar-refractivity contribution in [1.82, 2.24) is 9.97 Å². The number of halogens is 1. The van der Waals surface area contributed by atoms with Crippen molar-refractivity contribution in [3.05, 3.63) is 34.6 Å². The van der Waals surface area contributed by atoms with Crippen LogP contribution >= 0.6 is 0 Å². The van der Waals surface area contributed by atoms with Gasteiger partial charge in [-0.3, -0.25) is 4.79 Å². The predicted molar refractivity (Wildman–Crippen MR) is 71.4 cm³/mol. The molecule has 1 N–H and O–H groups in total. The van der Waals surface area contributed by atoms with Crippen molar-refractivity contribution >= 4 is 10.9 Å². The third-order valence-electron chi connectivity index (χ3n) is 3.50. The van der Waals surface area contributed by atoms with E-state index in [1.807, 2.05) is 0 Å². The van der Waals surface area contributed by atoms with Crippen LogP contribution in [0.15, 0.2) is 23.3 Å². The quantitative estimate of drug-likeness (QED) is 0.931. The average Bonchev–Trinajstić information content (AvgIpc) is 2.46. The van der Waals surface area contributed by atoms with Crippen molar-refractivity contribution in [3.63, 3.8) is 0 Å². The third-order valence-corrected chi connectivity index (χ3v) is 3.50. The Balaban J connectivity index is 1.80. The first-order valence-electron chi connectivity index (χ1n) is 6.61. The molecule has 1 aliphatic heterocycles. The number of nitrogens with one attached hydrogen (secondary N) is 1. The number of aromatic amines is 1. The van der Waals surface area contributed by atoms with Crippen LogP contribution in [-0.4, -0.2) is 29.8 Å². The summed E-state index contributed by atoms with van der Waals surface area (Å²) >= 11 is 0. The summed E-state index contributed by atoms with van der Waals surface area (Å²) < 4.78 is 24.8. The van der Waals surface area contributed by atoms with E-state index in [1.54, 1.807) is 6.07 Å². The Labute approximate surface area is 114 Å². The van der Waals surface area contributed by atoms with Gasteiger partial charge in [0.25, 0.3) is 5.56 Å². The zero-order chi connectivity index (χ0) is 13.9. The van der Waals surface area contributed by atoms with Gasteiger partial charge in [0.2, 0.25) is 0 Å². The third kappa shape index (κ3) is 2.65. The van der Waals surface area contributed by atoms with Gasteiger partial charge in [-0.15, -0.1) is 0 Å². The molecule has 2 aromatic rings. The highest BCUT2D eigenvalue weighted by Gasteiger charge is 2.15. The number of hydrogen-bond donors (Lipinski definition) is 1. The molecule has 1 aliphatic rings. The molecule has 0 spiro atoms. The van der Waals surface area contributed by atoms with Gasteiger partial charge in [-0.25, -0.2) is 9.37 Å². The molecule has 1 saturated heterocycles. The summed E-state index contributed by atoms with van der Waals surface area (Å²) in [6.45, 7) is 2.02. The minimum Gasteiger partial charge on any atom is -0.493 e. The van der Waals surface area contributed by atoms with E-state index in [-0.39, 0.29) is 5.39 Å². The molecule has 0 amide bonds. The van der Waals surface area contributed by atoms with Crippen LogP contribution in [0.5, 0.6) is 5.75 Å². The fourth-order valence-corrected chi connectivity index (χ4v) is 2.34. The van der Waals surface area contributed by atoms with Crippen LogP contribution in [0.2, 0.25) is 0 Å².